The Labute approximate surface area is 213 Å². The van der Waals surface area contributed by atoms with Crippen LogP contribution >= 0.6 is 24.4 Å². The number of aliphatic hydroxyl groups is 1. The summed E-state index contributed by atoms with van der Waals surface area (Å²) < 4.78 is 39.0. The summed E-state index contributed by atoms with van der Waals surface area (Å²) >= 11 is 5.68. The molecule has 5 aliphatic rings. The van der Waals surface area contributed by atoms with E-state index in [1.54, 1.807) is 20.8 Å². The SMILES string of the molecule is CC1C[C@H]2[C@@H]3CC(F)C4=CC(=O)C=C[C@]4(C)C3(F)C(O)C[C@]2(C)C1(OC(=O)C1CCCS1)C(=O)S. The molecule has 35 heavy (non-hydrogen) atoms. The molecule has 0 radical (unpaired) electrons. The topological polar surface area (TPSA) is 80.7 Å². The molecular formula is C26H32F2O5S2. The molecular weight excluding hydrogens is 494 g/mol. The fourth-order valence-electron chi connectivity index (χ4n) is 8.23. The molecule has 1 saturated heterocycles. The first-order valence-electron chi connectivity index (χ1n) is 12.4. The number of hydrogen-bond donors (Lipinski definition) is 2. The lowest BCUT2D eigenvalue weighted by molar-refractivity contribution is -0.228. The van der Waals surface area contributed by atoms with E-state index in [1.165, 1.54) is 23.9 Å². The Balaban J connectivity index is 1.60. The van der Waals surface area contributed by atoms with E-state index in [1.807, 2.05) is 0 Å². The summed E-state index contributed by atoms with van der Waals surface area (Å²) in [5.41, 5.74) is -6.47. The van der Waals surface area contributed by atoms with Gasteiger partial charge in [0.15, 0.2) is 17.1 Å². The highest BCUT2D eigenvalue weighted by atomic mass is 32.2. The second-order valence-corrected chi connectivity index (χ2v) is 13.2. The molecule has 10 atom stereocenters. The molecule has 1 heterocycles. The molecule has 1 N–H and O–H groups in total. The number of carbonyl (C=O) groups excluding carboxylic acids is 3. The van der Waals surface area contributed by atoms with Crippen molar-refractivity contribution < 1.29 is 33.0 Å². The van der Waals surface area contributed by atoms with Crippen LogP contribution in [0.3, 0.4) is 0 Å². The zero-order valence-electron chi connectivity index (χ0n) is 20.1. The van der Waals surface area contributed by atoms with Crippen LogP contribution in [0.25, 0.3) is 0 Å². The third kappa shape index (κ3) is 3.13. The number of thioether (sulfide) groups is 1. The minimum Gasteiger partial charge on any atom is -0.448 e. The van der Waals surface area contributed by atoms with Gasteiger partial charge in [0.05, 0.1) is 6.10 Å². The molecule has 6 unspecified atom stereocenters. The number of thiol groups is 1. The molecule has 4 aliphatic carbocycles. The van der Waals surface area contributed by atoms with Crippen molar-refractivity contribution in [2.24, 2.45) is 28.6 Å². The normalized spacial score (nSPS) is 50.7. The number of halogens is 2. The van der Waals surface area contributed by atoms with E-state index in [0.29, 0.717) is 12.8 Å². The fourth-order valence-corrected chi connectivity index (χ4v) is 9.89. The number of hydrogen-bond acceptors (Lipinski definition) is 6. The first kappa shape index (κ1) is 25.5. The summed E-state index contributed by atoms with van der Waals surface area (Å²) in [6, 6.07) is 0. The predicted molar refractivity (Wildman–Crippen MR) is 131 cm³/mol. The lowest BCUT2D eigenvalue weighted by atomic mass is 9.44. The van der Waals surface area contributed by atoms with Crippen LogP contribution in [-0.4, -0.2) is 56.5 Å². The van der Waals surface area contributed by atoms with Gasteiger partial charge in [-0.15, -0.1) is 24.4 Å². The van der Waals surface area contributed by atoms with Crippen molar-refractivity contribution in [3.05, 3.63) is 23.8 Å². The molecule has 0 aromatic rings. The molecule has 0 amide bonds. The Kier molecular flexibility index (Phi) is 5.93. The van der Waals surface area contributed by atoms with Gasteiger partial charge in [-0.25, -0.2) is 8.78 Å². The summed E-state index contributed by atoms with van der Waals surface area (Å²) in [6.07, 6.45) is 2.17. The zero-order chi connectivity index (χ0) is 25.6. The van der Waals surface area contributed by atoms with Crippen LogP contribution < -0.4 is 0 Å². The number of allylic oxidation sites excluding steroid dienone is 4. The lowest BCUT2D eigenvalue weighted by Crippen LogP contribution is -2.70. The Bertz CT molecular complexity index is 1040. The van der Waals surface area contributed by atoms with E-state index >= 15 is 8.78 Å². The van der Waals surface area contributed by atoms with Gasteiger partial charge in [0.2, 0.25) is 5.12 Å². The molecule has 5 rings (SSSR count). The van der Waals surface area contributed by atoms with Crippen LogP contribution in [-0.2, 0) is 19.1 Å². The Hall–Kier alpha value is -1.19. The van der Waals surface area contributed by atoms with Gasteiger partial charge in [0, 0.05) is 22.7 Å². The van der Waals surface area contributed by atoms with Gasteiger partial charge in [-0.1, -0.05) is 19.9 Å². The molecule has 0 aromatic carbocycles. The zero-order valence-corrected chi connectivity index (χ0v) is 21.8. The van der Waals surface area contributed by atoms with E-state index in [9.17, 15) is 19.5 Å². The van der Waals surface area contributed by atoms with E-state index in [2.05, 4.69) is 12.6 Å². The Morgan fingerprint density at radius 1 is 1.26 bits per heavy atom. The summed E-state index contributed by atoms with van der Waals surface area (Å²) in [5, 5.41) is 10.5. The Morgan fingerprint density at radius 3 is 2.60 bits per heavy atom. The number of carbonyl (C=O) groups is 3. The lowest BCUT2D eigenvalue weighted by Gasteiger charge is -2.63. The van der Waals surface area contributed by atoms with E-state index in [0.717, 1.165) is 18.2 Å². The van der Waals surface area contributed by atoms with Crippen LogP contribution in [0.15, 0.2) is 23.8 Å². The molecule has 3 saturated carbocycles. The van der Waals surface area contributed by atoms with Gasteiger partial charge >= 0.3 is 5.97 Å². The molecule has 0 aromatic heterocycles. The molecule has 4 fully saturated rings. The van der Waals surface area contributed by atoms with Crippen molar-refractivity contribution >= 4 is 41.3 Å². The maximum absolute atomic E-state index is 17.3. The van der Waals surface area contributed by atoms with E-state index < -0.39 is 69.0 Å². The van der Waals surface area contributed by atoms with Gasteiger partial charge in [0.25, 0.3) is 0 Å². The molecule has 5 nitrogen and oxygen atoms in total. The maximum atomic E-state index is 17.3. The summed E-state index contributed by atoms with van der Waals surface area (Å²) in [6.45, 7) is 5.09. The third-order valence-electron chi connectivity index (χ3n) is 9.94. The highest BCUT2D eigenvalue weighted by Crippen LogP contribution is 2.71. The van der Waals surface area contributed by atoms with Gasteiger partial charge in [0.1, 0.15) is 11.4 Å². The minimum atomic E-state index is -2.25. The van der Waals surface area contributed by atoms with Crippen molar-refractivity contribution in [2.45, 2.75) is 81.7 Å². The number of fused-ring (bicyclic) bond motifs is 5. The number of ketones is 1. The van der Waals surface area contributed by atoms with Crippen LogP contribution in [0.1, 0.15) is 52.9 Å². The summed E-state index contributed by atoms with van der Waals surface area (Å²) in [5.74, 6) is -2.00. The van der Waals surface area contributed by atoms with Crippen molar-refractivity contribution in [1.29, 1.82) is 0 Å². The molecule has 192 valence electrons. The molecule has 0 bridgehead atoms. The molecule has 1 aliphatic heterocycles. The number of ether oxygens (including phenoxy) is 1. The fraction of sp³-hybridized carbons (Fsp3) is 0.731. The average Bonchev–Trinajstić information content (AvgIpc) is 3.39. The first-order chi connectivity index (χ1) is 16.3. The molecule has 9 heteroatoms. The Morgan fingerprint density at radius 2 is 1.97 bits per heavy atom. The number of rotatable bonds is 3. The quantitative estimate of drug-likeness (QED) is 0.424. The second-order valence-electron chi connectivity index (χ2n) is 11.5. The predicted octanol–water partition coefficient (Wildman–Crippen LogP) is 4.19. The first-order valence-corrected chi connectivity index (χ1v) is 13.9. The minimum absolute atomic E-state index is 0.0543. The second kappa shape index (κ2) is 8.15. The highest BCUT2D eigenvalue weighted by Gasteiger charge is 2.78. The largest absolute Gasteiger partial charge is 0.448 e. The monoisotopic (exact) mass is 526 g/mol. The van der Waals surface area contributed by atoms with Crippen molar-refractivity contribution in [2.75, 3.05) is 5.75 Å². The molecule has 0 spiro atoms. The van der Waals surface area contributed by atoms with E-state index in [4.69, 9.17) is 4.74 Å². The number of alkyl halides is 2. The van der Waals surface area contributed by atoms with Gasteiger partial charge in [-0.2, -0.15) is 0 Å². The van der Waals surface area contributed by atoms with Gasteiger partial charge in [-0.05, 0) is 68.4 Å². The number of esters is 1. The van der Waals surface area contributed by atoms with Crippen molar-refractivity contribution in [3.8, 4) is 0 Å². The van der Waals surface area contributed by atoms with Gasteiger partial charge in [-0.3, -0.25) is 14.4 Å². The highest BCUT2D eigenvalue weighted by molar-refractivity contribution is 8.00. The van der Waals surface area contributed by atoms with Crippen LogP contribution in [0.5, 0.6) is 0 Å². The van der Waals surface area contributed by atoms with Crippen molar-refractivity contribution in [1.82, 2.24) is 0 Å². The van der Waals surface area contributed by atoms with Gasteiger partial charge < -0.3 is 9.84 Å². The summed E-state index contributed by atoms with van der Waals surface area (Å²) in [4.78, 5) is 38.3. The van der Waals surface area contributed by atoms with E-state index in [-0.39, 0.29) is 23.7 Å². The van der Waals surface area contributed by atoms with Crippen LogP contribution in [0, 0.1) is 28.6 Å². The smallest absolute Gasteiger partial charge is 0.320 e. The standard InChI is InChI=1S/C26H32F2O5S2/c1-13-9-15-16-11-18(27)17-10-14(29)6-7-23(17,2)25(16,28)20(30)12-24(15,3)26(13,22(32)34)33-21(31)19-5-4-8-35-19/h6-7,10,13,15-16,18-20,30H,4-5,8-9,11-12H2,1-3H3,(H,32,34)/t13?,15-,16-,18?,19?,20?,23-,24-,25?,26?/m0/s1. The third-order valence-corrected chi connectivity index (χ3v) is 11.6. The van der Waals surface area contributed by atoms with Crippen LogP contribution in [0.2, 0.25) is 0 Å². The van der Waals surface area contributed by atoms with Crippen LogP contribution in [0.4, 0.5) is 8.78 Å². The summed E-state index contributed by atoms with van der Waals surface area (Å²) in [7, 11) is 0. The number of aliphatic hydroxyl groups excluding tert-OH is 1. The van der Waals surface area contributed by atoms with Crippen molar-refractivity contribution in [3.63, 3.8) is 0 Å². The maximum Gasteiger partial charge on any atom is 0.320 e. The average molecular weight is 527 g/mol.